The van der Waals surface area contributed by atoms with Gasteiger partial charge in [0.15, 0.2) is 0 Å². The van der Waals surface area contributed by atoms with Crippen LogP contribution in [0.5, 0.6) is 0 Å². The van der Waals surface area contributed by atoms with Crippen molar-refractivity contribution in [3.8, 4) is 0 Å². The Labute approximate surface area is 142 Å². The van der Waals surface area contributed by atoms with Crippen molar-refractivity contribution in [1.82, 2.24) is 4.90 Å². The smallest absolute Gasteiger partial charge is 0.254 e. The van der Waals surface area contributed by atoms with Gasteiger partial charge >= 0.3 is 0 Å². The molecule has 6 heteroatoms. The number of piperidine rings is 1. The fourth-order valence-electron chi connectivity index (χ4n) is 3.03. The molecular formula is C17H25N3O2S. The first-order valence-corrected chi connectivity index (χ1v) is 9.15. The van der Waals surface area contributed by atoms with Gasteiger partial charge in [0.05, 0.1) is 5.69 Å². The van der Waals surface area contributed by atoms with E-state index in [1.165, 1.54) is 18.7 Å². The van der Waals surface area contributed by atoms with Crippen molar-refractivity contribution >= 4 is 29.3 Å². The van der Waals surface area contributed by atoms with Gasteiger partial charge in [-0.15, -0.1) is 11.8 Å². The minimum atomic E-state index is -0.118. The highest BCUT2D eigenvalue weighted by atomic mass is 32.2. The maximum Gasteiger partial charge on any atom is 0.254 e. The number of hydrogen-bond donors (Lipinski definition) is 2. The van der Waals surface area contributed by atoms with Crippen LogP contribution in [0.25, 0.3) is 0 Å². The largest absolute Gasteiger partial charge is 0.334 e. The third-order valence-electron chi connectivity index (χ3n) is 4.27. The summed E-state index contributed by atoms with van der Waals surface area (Å²) in [6.07, 6.45) is 3.91. The number of thioether (sulfide) groups is 1. The average molecular weight is 335 g/mol. The first-order chi connectivity index (χ1) is 11.0. The fraction of sp³-hybridized carbons (Fsp3) is 0.529. The fourth-order valence-corrected chi connectivity index (χ4v) is 3.61. The lowest BCUT2D eigenvalue weighted by Gasteiger charge is -2.38. The number of nitrogens with two attached hydrogens (primary N) is 1. The highest BCUT2D eigenvalue weighted by Crippen LogP contribution is 2.29. The van der Waals surface area contributed by atoms with Gasteiger partial charge in [-0.3, -0.25) is 9.59 Å². The van der Waals surface area contributed by atoms with E-state index in [1.807, 2.05) is 17.2 Å². The molecule has 0 aromatic heterocycles. The summed E-state index contributed by atoms with van der Waals surface area (Å²) in [5.41, 5.74) is 7.25. The Morgan fingerprint density at radius 1 is 1.43 bits per heavy atom. The minimum absolute atomic E-state index is 0.0250. The monoisotopic (exact) mass is 335 g/mol. The van der Waals surface area contributed by atoms with Gasteiger partial charge in [0.25, 0.3) is 5.91 Å². The number of anilines is 1. The van der Waals surface area contributed by atoms with E-state index in [2.05, 4.69) is 12.2 Å². The number of nitrogens with zero attached hydrogens (tertiary/aromatic N) is 1. The lowest BCUT2D eigenvalue weighted by molar-refractivity contribution is -0.114. The molecule has 3 N–H and O–H groups in total. The zero-order valence-electron chi connectivity index (χ0n) is 14.0. The molecule has 2 unspecified atom stereocenters. The van der Waals surface area contributed by atoms with Gasteiger partial charge in [0.2, 0.25) is 5.91 Å². The number of hydrogen-bond acceptors (Lipinski definition) is 4. The summed E-state index contributed by atoms with van der Waals surface area (Å²) in [5, 5.41) is 2.79. The van der Waals surface area contributed by atoms with Crippen molar-refractivity contribution < 1.29 is 9.59 Å². The maximum atomic E-state index is 12.9. The molecule has 23 heavy (non-hydrogen) atoms. The number of likely N-dealkylation sites (tertiary alicyclic amines) is 1. The van der Waals surface area contributed by atoms with Gasteiger partial charge in [0, 0.05) is 36.5 Å². The number of carbonyl (C=O) groups excluding carboxylic acids is 2. The third kappa shape index (κ3) is 4.26. The Morgan fingerprint density at radius 3 is 2.78 bits per heavy atom. The quantitative estimate of drug-likeness (QED) is 0.829. The standard InChI is InChI=1S/C17H25N3O2S/c1-11-6-7-20(14(8-11)10-18)17(22)13-4-5-15(19-12(2)21)16(9-13)23-3/h4-5,9,11,14H,6-8,10,18H2,1-3H3,(H,19,21). The normalized spacial score (nSPS) is 21.1. The van der Waals surface area contributed by atoms with Crippen LogP contribution in [0, 0.1) is 5.92 Å². The number of nitrogens with one attached hydrogen (secondary N) is 1. The molecule has 1 aromatic carbocycles. The van der Waals surface area contributed by atoms with E-state index in [0.717, 1.165) is 30.0 Å². The predicted molar refractivity (Wildman–Crippen MR) is 94.8 cm³/mol. The van der Waals surface area contributed by atoms with Gasteiger partial charge in [0.1, 0.15) is 0 Å². The molecule has 1 aromatic rings. The number of amides is 2. The molecule has 1 saturated heterocycles. The van der Waals surface area contributed by atoms with Crippen molar-refractivity contribution in [1.29, 1.82) is 0 Å². The Hall–Kier alpha value is -1.53. The van der Waals surface area contributed by atoms with Crippen molar-refractivity contribution in [2.75, 3.05) is 24.7 Å². The van der Waals surface area contributed by atoms with E-state index in [4.69, 9.17) is 5.73 Å². The van der Waals surface area contributed by atoms with Crippen LogP contribution in [0.3, 0.4) is 0 Å². The van der Waals surface area contributed by atoms with Crippen LogP contribution in [0.1, 0.15) is 37.0 Å². The lowest BCUT2D eigenvalue weighted by Crippen LogP contribution is -2.49. The van der Waals surface area contributed by atoms with Crippen LogP contribution < -0.4 is 11.1 Å². The Kier molecular flexibility index (Phi) is 6.07. The van der Waals surface area contributed by atoms with Gasteiger partial charge in [-0.05, 0) is 43.2 Å². The summed E-state index contributed by atoms with van der Waals surface area (Å²) >= 11 is 1.51. The maximum absolute atomic E-state index is 12.9. The first kappa shape index (κ1) is 17.8. The van der Waals surface area contributed by atoms with Gasteiger partial charge in [-0.25, -0.2) is 0 Å². The first-order valence-electron chi connectivity index (χ1n) is 7.93. The Bertz CT molecular complexity index is 591. The number of rotatable bonds is 4. The summed E-state index contributed by atoms with van der Waals surface area (Å²) in [5.74, 6) is 0.515. The van der Waals surface area contributed by atoms with E-state index in [9.17, 15) is 9.59 Å². The molecule has 1 aliphatic heterocycles. The molecule has 1 heterocycles. The van der Waals surface area contributed by atoms with Gasteiger partial charge in [-0.1, -0.05) is 6.92 Å². The predicted octanol–water partition coefficient (Wildman–Crippen LogP) is 2.57. The second kappa shape index (κ2) is 7.84. The topological polar surface area (TPSA) is 75.4 Å². The molecule has 0 spiro atoms. The van der Waals surface area contributed by atoms with E-state index in [0.29, 0.717) is 18.0 Å². The Morgan fingerprint density at radius 2 is 2.17 bits per heavy atom. The van der Waals surface area contributed by atoms with E-state index in [-0.39, 0.29) is 17.9 Å². The van der Waals surface area contributed by atoms with Crippen LogP contribution >= 0.6 is 11.8 Å². The second-order valence-electron chi connectivity index (χ2n) is 6.11. The summed E-state index contributed by atoms with van der Waals surface area (Å²) in [4.78, 5) is 26.9. The zero-order chi connectivity index (χ0) is 17.0. The van der Waals surface area contributed by atoms with E-state index < -0.39 is 0 Å². The van der Waals surface area contributed by atoms with Crippen LogP contribution in [0.15, 0.2) is 23.1 Å². The zero-order valence-corrected chi connectivity index (χ0v) is 14.8. The molecule has 126 valence electrons. The number of benzene rings is 1. The molecule has 2 amide bonds. The van der Waals surface area contributed by atoms with E-state index >= 15 is 0 Å². The minimum Gasteiger partial charge on any atom is -0.334 e. The summed E-state index contributed by atoms with van der Waals surface area (Å²) < 4.78 is 0. The van der Waals surface area contributed by atoms with Gasteiger partial charge in [-0.2, -0.15) is 0 Å². The van der Waals surface area contributed by atoms with E-state index in [1.54, 1.807) is 12.1 Å². The molecule has 5 nitrogen and oxygen atoms in total. The Balaban J connectivity index is 2.23. The SMILES string of the molecule is CSc1cc(C(=O)N2CCC(C)CC2CN)ccc1NC(C)=O. The molecular weight excluding hydrogens is 310 g/mol. The van der Waals surface area contributed by atoms with Crippen molar-refractivity contribution in [3.05, 3.63) is 23.8 Å². The third-order valence-corrected chi connectivity index (χ3v) is 5.05. The molecule has 1 aliphatic rings. The lowest BCUT2D eigenvalue weighted by atomic mass is 9.92. The van der Waals surface area contributed by atoms with Crippen molar-refractivity contribution in [2.24, 2.45) is 11.7 Å². The van der Waals surface area contributed by atoms with Crippen molar-refractivity contribution in [2.45, 2.75) is 37.6 Å². The number of carbonyl (C=O) groups is 2. The second-order valence-corrected chi connectivity index (χ2v) is 6.96. The van der Waals surface area contributed by atoms with Gasteiger partial charge < -0.3 is 16.0 Å². The highest BCUT2D eigenvalue weighted by Gasteiger charge is 2.29. The van der Waals surface area contributed by atoms with Crippen LogP contribution in [-0.4, -0.2) is 42.1 Å². The molecule has 1 fully saturated rings. The molecule has 0 aliphatic carbocycles. The molecule has 2 atom stereocenters. The molecule has 0 bridgehead atoms. The molecule has 0 radical (unpaired) electrons. The molecule has 2 rings (SSSR count). The summed E-state index contributed by atoms with van der Waals surface area (Å²) in [6, 6.07) is 5.53. The summed E-state index contributed by atoms with van der Waals surface area (Å²) in [7, 11) is 0. The molecule has 0 saturated carbocycles. The summed E-state index contributed by atoms with van der Waals surface area (Å²) in [6.45, 7) is 4.93. The van der Waals surface area contributed by atoms with Crippen LogP contribution in [0.4, 0.5) is 5.69 Å². The van der Waals surface area contributed by atoms with Crippen molar-refractivity contribution in [3.63, 3.8) is 0 Å². The average Bonchev–Trinajstić information content (AvgIpc) is 2.53. The highest BCUT2D eigenvalue weighted by molar-refractivity contribution is 7.98. The van der Waals surface area contributed by atoms with Crippen LogP contribution in [0.2, 0.25) is 0 Å². The van der Waals surface area contributed by atoms with Crippen LogP contribution in [-0.2, 0) is 4.79 Å².